The van der Waals surface area contributed by atoms with Crippen LogP contribution in [-0.2, 0) is 11.3 Å². The lowest BCUT2D eigenvalue weighted by atomic mass is 10.2. The average molecular weight is 489 g/mol. The first kappa shape index (κ1) is 21.4. The topological polar surface area (TPSA) is 72.6 Å². The lowest BCUT2D eigenvalue weighted by Gasteiger charge is -2.27. The second kappa shape index (κ2) is 7.83. The SMILES string of the molecule is Cc1c(Br)cn2nc(Cl)nc(N(Cc3c(F)cncc3F)C(=O)OC(C)(C)C)c12. The molecule has 7 nitrogen and oxygen atoms in total. The van der Waals surface area contributed by atoms with E-state index in [2.05, 4.69) is 31.0 Å². The Balaban J connectivity index is 2.21. The fraction of sp³-hybridized carbons (Fsp3) is 0.333. The van der Waals surface area contributed by atoms with Gasteiger partial charge in [-0.15, -0.1) is 5.10 Å². The first-order valence-corrected chi connectivity index (χ1v) is 9.64. The molecule has 0 atom stereocenters. The van der Waals surface area contributed by atoms with Crippen molar-refractivity contribution >= 4 is 45.0 Å². The normalized spacial score (nSPS) is 11.7. The zero-order valence-corrected chi connectivity index (χ0v) is 18.3. The number of rotatable bonds is 3. The summed E-state index contributed by atoms with van der Waals surface area (Å²) in [4.78, 5) is 21.6. The molecular formula is C18H17BrClF2N5O2. The number of hydrogen-bond acceptors (Lipinski definition) is 5. The number of hydrogen-bond donors (Lipinski definition) is 0. The van der Waals surface area contributed by atoms with Gasteiger partial charge in [0.15, 0.2) is 5.82 Å². The quantitative estimate of drug-likeness (QED) is 0.515. The largest absolute Gasteiger partial charge is 0.443 e. The van der Waals surface area contributed by atoms with Crippen LogP contribution in [-0.4, -0.2) is 31.3 Å². The summed E-state index contributed by atoms with van der Waals surface area (Å²) in [6.45, 7) is 6.33. The number of aromatic nitrogens is 4. The van der Waals surface area contributed by atoms with Crippen LogP contribution in [0.5, 0.6) is 0 Å². The second-order valence-corrected chi connectivity index (χ2v) is 8.44. The lowest BCUT2D eigenvalue weighted by molar-refractivity contribution is 0.0576. The van der Waals surface area contributed by atoms with Crippen molar-refractivity contribution in [2.24, 2.45) is 0 Å². The molecule has 0 saturated carbocycles. The molecular weight excluding hydrogens is 472 g/mol. The molecule has 3 aromatic rings. The number of fused-ring (bicyclic) bond motifs is 1. The number of carbonyl (C=O) groups excluding carboxylic acids is 1. The van der Waals surface area contributed by atoms with Gasteiger partial charge in [-0.25, -0.2) is 18.1 Å². The number of nitrogens with zero attached hydrogens (tertiary/aromatic N) is 5. The van der Waals surface area contributed by atoms with Crippen molar-refractivity contribution in [3.63, 3.8) is 0 Å². The molecule has 0 aromatic carbocycles. The summed E-state index contributed by atoms with van der Waals surface area (Å²) < 4.78 is 36.1. The van der Waals surface area contributed by atoms with Crippen molar-refractivity contribution in [2.45, 2.75) is 39.8 Å². The second-order valence-electron chi connectivity index (χ2n) is 7.25. The Hall–Kier alpha value is -2.33. The summed E-state index contributed by atoms with van der Waals surface area (Å²) in [5, 5.41) is 3.93. The minimum absolute atomic E-state index is 0.0538. The number of pyridine rings is 1. The lowest BCUT2D eigenvalue weighted by Crippen LogP contribution is -2.38. The van der Waals surface area contributed by atoms with Gasteiger partial charge < -0.3 is 4.74 Å². The molecule has 0 saturated heterocycles. The average Bonchev–Trinajstić information content (AvgIpc) is 2.86. The maximum atomic E-state index is 14.3. The number of halogens is 4. The van der Waals surface area contributed by atoms with Crippen molar-refractivity contribution in [3.8, 4) is 0 Å². The van der Waals surface area contributed by atoms with Crippen LogP contribution in [0.15, 0.2) is 23.1 Å². The molecule has 3 aromatic heterocycles. The Bertz CT molecular complexity index is 1080. The maximum absolute atomic E-state index is 14.3. The van der Waals surface area contributed by atoms with E-state index in [1.807, 2.05) is 0 Å². The Kier molecular flexibility index (Phi) is 5.77. The summed E-state index contributed by atoms with van der Waals surface area (Å²) in [7, 11) is 0. The molecule has 0 aliphatic carbocycles. The molecule has 0 spiro atoms. The fourth-order valence-electron chi connectivity index (χ4n) is 2.63. The highest BCUT2D eigenvalue weighted by Crippen LogP contribution is 2.32. The van der Waals surface area contributed by atoms with Crippen molar-refractivity contribution in [1.82, 2.24) is 19.6 Å². The van der Waals surface area contributed by atoms with E-state index in [1.165, 1.54) is 4.52 Å². The third-order valence-corrected chi connectivity index (χ3v) is 4.88. The molecule has 0 bridgehead atoms. The zero-order valence-electron chi connectivity index (χ0n) is 16.0. The van der Waals surface area contributed by atoms with Gasteiger partial charge in [-0.3, -0.25) is 9.88 Å². The van der Waals surface area contributed by atoms with Gasteiger partial charge in [0.2, 0.25) is 5.28 Å². The van der Waals surface area contributed by atoms with Crippen LogP contribution in [0.2, 0.25) is 5.28 Å². The zero-order chi connectivity index (χ0) is 21.5. The molecule has 0 unspecified atom stereocenters. The summed E-state index contributed by atoms with van der Waals surface area (Å²) in [6.07, 6.45) is 2.53. The molecule has 29 heavy (non-hydrogen) atoms. The number of amides is 1. The number of anilines is 1. The molecule has 0 aliphatic rings. The molecule has 3 rings (SSSR count). The summed E-state index contributed by atoms with van der Waals surface area (Å²) in [5.41, 5.74) is -0.0695. The molecule has 1 amide bonds. The minimum Gasteiger partial charge on any atom is -0.443 e. The third kappa shape index (κ3) is 4.48. The molecule has 0 fully saturated rings. The van der Waals surface area contributed by atoms with Crippen LogP contribution < -0.4 is 4.90 Å². The van der Waals surface area contributed by atoms with E-state index >= 15 is 0 Å². The highest BCUT2D eigenvalue weighted by atomic mass is 79.9. The van der Waals surface area contributed by atoms with Gasteiger partial charge in [0.25, 0.3) is 0 Å². The smallest absolute Gasteiger partial charge is 0.416 e. The molecule has 154 valence electrons. The summed E-state index contributed by atoms with van der Waals surface area (Å²) >= 11 is 9.44. The van der Waals surface area contributed by atoms with Crippen molar-refractivity contribution in [1.29, 1.82) is 0 Å². The van der Waals surface area contributed by atoms with Crippen LogP contribution in [0, 0.1) is 18.6 Å². The molecule has 3 heterocycles. The van der Waals surface area contributed by atoms with E-state index in [9.17, 15) is 13.6 Å². The molecule has 0 N–H and O–H groups in total. The monoisotopic (exact) mass is 487 g/mol. The molecule has 11 heteroatoms. The predicted molar refractivity (Wildman–Crippen MR) is 107 cm³/mol. The minimum atomic E-state index is -0.900. The Morgan fingerprint density at radius 1 is 1.31 bits per heavy atom. The standard InChI is InChI=1S/C18H17BrClF2N5O2/c1-9-11(19)8-27-14(9)15(24-16(20)25-27)26(17(28)29-18(2,3)4)7-10-12(21)5-23-6-13(10)22/h5-6,8H,7H2,1-4H3. The highest BCUT2D eigenvalue weighted by molar-refractivity contribution is 9.10. The van der Waals surface area contributed by atoms with E-state index in [-0.39, 0.29) is 16.7 Å². The van der Waals surface area contributed by atoms with Crippen LogP contribution in [0.1, 0.15) is 31.9 Å². The van der Waals surface area contributed by atoms with Gasteiger partial charge in [-0.1, -0.05) is 0 Å². The maximum Gasteiger partial charge on any atom is 0.416 e. The van der Waals surface area contributed by atoms with Crippen LogP contribution in [0.25, 0.3) is 5.52 Å². The molecule has 0 aliphatic heterocycles. The Labute approximate surface area is 178 Å². The van der Waals surface area contributed by atoms with E-state index < -0.39 is 29.9 Å². The van der Waals surface area contributed by atoms with Gasteiger partial charge in [0.05, 0.1) is 18.9 Å². The summed E-state index contributed by atoms with van der Waals surface area (Å²) in [6, 6.07) is 0. The van der Waals surface area contributed by atoms with E-state index in [0.29, 0.717) is 15.6 Å². The number of aryl methyl sites for hydroxylation is 1. The van der Waals surface area contributed by atoms with Gasteiger partial charge in [-0.05, 0) is 60.8 Å². The van der Waals surface area contributed by atoms with Gasteiger partial charge >= 0.3 is 6.09 Å². The Morgan fingerprint density at radius 2 is 1.93 bits per heavy atom. The van der Waals surface area contributed by atoms with Gasteiger partial charge in [0.1, 0.15) is 22.8 Å². The van der Waals surface area contributed by atoms with Crippen LogP contribution >= 0.6 is 27.5 Å². The number of carbonyl (C=O) groups is 1. The first-order chi connectivity index (χ1) is 13.5. The first-order valence-electron chi connectivity index (χ1n) is 8.47. The van der Waals surface area contributed by atoms with Crippen molar-refractivity contribution in [2.75, 3.05) is 4.90 Å². The molecule has 0 radical (unpaired) electrons. The predicted octanol–water partition coefficient (Wildman–Crippen LogP) is 5.07. The fourth-order valence-corrected chi connectivity index (χ4v) is 3.18. The summed E-state index contributed by atoms with van der Waals surface area (Å²) in [5.74, 6) is -1.75. The Morgan fingerprint density at radius 3 is 2.52 bits per heavy atom. The van der Waals surface area contributed by atoms with E-state index in [0.717, 1.165) is 17.3 Å². The van der Waals surface area contributed by atoms with Gasteiger partial charge in [0, 0.05) is 16.2 Å². The van der Waals surface area contributed by atoms with Gasteiger partial charge in [-0.2, -0.15) is 4.98 Å². The third-order valence-electron chi connectivity index (χ3n) is 3.92. The van der Waals surface area contributed by atoms with E-state index in [4.69, 9.17) is 16.3 Å². The van der Waals surface area contributed by atoms with E-state index in [1.54, 1.807) is 33.9 Å². The van der Waals surface area contributed by atoms with Crippen LogP contribution in [0.3, 0.4) is 0 Å². The van der Waals surface area contributed by atoms with Crippen LogP contribution in [0.4, 0.5) is 19.4 Å². The van der Waals surface area contributed by atoms with Crippen molar-refractivity contribution in [3.05, 3.63) is 51.1 Å². The highest BCUT2D eigenvalue weighted by Gasteiger charge is 2.30. The number of ether oxygens (including phenoxy) is 1. The van der Waals surface area contributed by atoms with Crippen molar-refractivity contribution < 1.29 is 18.3 Å².